The first-order chi connectivity index (χ1) is 13.9. The van der Waals surface area contributed by atoms with Crippen LogP contribution in [0.15, 0.2) is 60.1 Å². The second kappa shape index (κ2) is 15.1. The number of allylic oxidation sites excluding steroid dienone is 2. The van der Waals surface area contributed by atoms with Gasteiger partial charge in [0.25, 0.3) is 5.56 Å². The lowest BCUT2D eigenvalue weighted by Gasteiger charge is -2.12. The number of nitrogens with zero attached hydrogens (tertiary/aromatic N) is 1. The summed E-state index contributed by atoms with van der Waals surface area (Å²) in [6.07, 6.45) is 5.90. The first-order valence-corrected chi connectivity index (χ1v) is 9.46. The summed E-state index contributed by atoms with van der Waals surface area (Å²) in [7, 11) is 1.62. The number of benzene rings is 1. The van der Waals surface area contributed by atoms with Crippen molar-refractivity contribution in [1.29, 1.82) is 0 Å². The molecule has 1 aromatic carbocycles. The van der Waals surface area contributed by atoms with Crippen LogP contribution in [0.2, 0.25) is 0 Å². The van der Waals surface area contributed by atoms with E-state index in [1.807, 2.05) is 26.8 Å². The minimum absolute atomic E-state index is 0.0678. The van der Waals surface area contributed by atoms with E-state index in [9.17, 15) is 13.6 Å². The Morgan fingerprint density at radius 1 is 1.17 bits per heavy atom. The van der Waals surface area contributed by atoms with Crippen molar-refractivity contribution in [3.05, 3.63) is 88.6 Å². The first kappa shape index (κ1) is 26.1. The molecule has 0 amide bonds. The summed E-state index contributed by atoms with van der Waals surface area (Å²) in [5.41, 5.74) is 0.801. The number of hydrogen-bond acceptors (Lipinski definition) is 3. The number of hydrogen-bond donors (Lipinski definition) is 0. The van der Waals surface area contributed by atoms with Gasteiger partial charge in [-0.05, 0) is 38.5 Å². The van der Waals surface area contributed by atoms with Crippen molar-refractivity contribution in [3.8, 4) is 5.75 Å². The fourth-order valence-corrected chi connectivity index (χ4v) is 2.23. The number of rotatable bonds is 7. The van der Waals surface area contributed by atoms with E-state index in [2.05, 4.69) is 11.3 Å². The first-order valence-electron chi connectivity index (χ1n) is 9.46. The Morgan fingerprint density at radius 3 is 2.34 bits per heavy atom. The SMILES string of the molecule is C/C=C/OC.C=CCCn1c(C)cc(OCc2ccc(F)cc2F)cc1=O.CC. The van der Waals surface area contributed by atoms with E-state index in [1.54, 1.807) is 37.0 Å². The van der Waals surface area contributed by atoms with Crippen molar-refractivity contribution < 1.29 is 18.3 Å². The van der Waals surface area contributed by atoms with Crippen molar-refractivity contribution in [1.82, 2.24) is 4.57 Å². The molecule has 160 valence electrons. The molecule has 0 N–H and O–H groups in total. The summed E-state index contributed by atoms with van der Waals surface area (Å²) in [5.74, 6) is -0.945. The molecule has 0 unspecified atom stereocenters. The molecule has 4 nitrogen and oxygen atoms in total. The van der Waals surface area contributed by atoms with Crippen molar-refractivity contribution in [2.75, 3.05) is 7.11 Å². The van der Waals surface area contributed by atoms with Crippen LogP contribution >= 0.6 is 0 Å². The molecule has 0 aliphatic rings. The maximum Gasteiger partial charge on any atom is 0.254 e. The van der Waals surface area contributed by atoms with Gasteiger partial charge in [0.15, 0.2) is 0 Å². The van der Waals surface area contributed by atoms with Crippen LogP contribution in [0.4, 0.5) is 8.78 Å². The lowest BCUT2D eigenvalue weighted by Crippen LogP contribution is -2.21. The highest BCUT2D eigenvalue weighted by molar-refractivity contribution is 5.25. The quantitative estimate of drug-likeness (QED) is 0.431. The van der Waals surface area contributed by atoms with E-state index in [-0.39, 0.29) is 17.7 Å². The fourth-order valence-electron chi connectivity index (χ4n) is 2.23. The smallest absolute Gasteiger partial charge is 0.254 e. The molecular weight excluding hydrogens is 376 g/mol. The Balaban J connectivity index is 0.000000977. The van der Waals surface area contributed by atoms with Crippen LogP contribution in [0.5, 0.6) is 5.75 Å². The Kier molecular flexibility index (Phi) is 13.6. The van der Waals surface area contributed by atoms with Crippen LogP contribution in [-0.2, 0) is 17.9 Å². The van der Waals surface area contributed by atoms with Crippen molar-refractivity contribution in [2.45, 2.75) is 47.3 Å². The van der Waals surface area contributed by atoms with E-state index < -0.39 is 11.6 Å². The van der Waals surface area contributed by atoms with Gasteiger partial charge in [0.1, 0.15) is 24.0 Å². The van der Waals surface area contributed by atoms with Gasteiger partial charge in [0, 0.05) is 29.9 Å². The van der Waals surface area contributed by atoms with Crippen LogP contribution in [0.1, 0.15) is 38.4 Å². The highest BCUT2D eigenvalue weighted by atomic mass is 19.1. The molecule has 6 heteroatoms. The molecule has 1 aromatic heterocycles. The second-order valence-corrected chi connectivity index (χ2v) is 5.63. The zero-order chi connectivity index (χ0) is 22.2. The maximum atomic E-state index is 13.5. The minimum Gasteiger partial charge on any atom is -0.505 e. The summed E-state index contributed by atoms with van der Waals surface area (Å²) in [4.78, 5) is 12.0. The van der Waals surface area contributed by atoms with Gasteiger partial charge in [-0.25, -0.2) is 8.78 Å². The molecule has 0 bridgehead atoms. The molecule has 2 rings (SSSR count). The largest absolute Gasteiger partial charge is 0.505 e. The number of methoxy groups -OCH3 is 1. The third-order valence-electron chi connectivity index (χ3n) is 3.55. The number of ether oxygens (including phenoxy) is 2. The van der Waals surface area contributed by atoms with Gasteiger partial charge < -0.3 is 14.0 Å². The van der Waals surface area contributed by atoms with Gasteiger partial charge in [0.2, 0.25) is 0 Å². The molecule has 1 heterocycles. The van der Waals surface area contributed by atoms with Gasteiger partial charge in [0.05, 0.1) is 13.4 Å². The molecule has 0 saturated heterocycles. The average Bonchev–Trinajstić information content (AvgIpc) is 2.69. The second-order valence-electron chi connectivity index (χ2n) is 5.63. The molecule has 0 atom stereocenters. The third kappa shape index (κ3) is 9.74. The lowest BCUT2D eigenvalue weighted by atomic mass is 10.2. The normalized spacial score (nSPS) is 9.76. The number of aromatic nitrogens is 1. The topological polar surface area (TPSA) is 40.5 Å². The highest BCUT2D eigenvalue weighted by Crippen LogP contribution is 2.15. The maximum absolute atomic E-state index is 13.5. The molecule has 2 aromatic rings. The predicted molar refractivity (Wildman–Crippen MR) is 114 cm³/mol. The molecule has 0 radical (unpaired) electrons. The fraction of sp³-hybridized carbons (Fsp3) is 0.348. The molecular formula is C23H31F2NO3. The molecule has 0 aliphatic carbocycles. The summed E-state index contributed by atoms with van der Waals surface area (Å²) < 4.78 is 37.9. The van der Waals surface area contributed by atoms with Crippen LogP contribution in [0, 0.1) is 18.6 Å². The number of halogens is 2. The lowest BCUT2D eigenvalue weighted by molar-refractivity contribution is 0.297. The van der Waals surface area contributed by atoms with E-state index in [0.29, 0.717) is 18.7 Å². The van der Waals surface area contributed by atoms with E-state index >= 15 is 0 Å². The highest BCUT2D eigenvalue weighted by Gasteiger charge is 2.07. The van der Waals surface area contributed by atoms with Gasteiger partial charge in [-0.1, -0.05) is 26.0 Å². The summed E-state index contributed by atoms with van der Waals surface area (Å²) >= 11 is 0. The average molecular weight is 408 g/mol. The minimum atomic E-state index is -0.670. The summed E-state index contributed by atoms with van der Waals surface area (Å²) in [6, 6.07) is 6.36. The Bertz CT molecular complexity index is 829. The van der Waals surface area contributed by atoms with Crippen molar-refractivity contribution in [2.24, 2.45) is 0 Å². The van der Waals surface area contributed by atoms with E-state index in [4.69, 9.17) is 4.74 Å². The molecule has 29 heavy (non-hydrogen) atoms. The van der Waals surface area contributed by atoms with Gasteiger partial charge in [-0.2, -0.15) is 0 Å². The molecule has 0 fully saturated rings. The Morgan fingerprint density at radius 2 is 1.86 bits per heavy atom. The summed E-state index contributed by atoms with van der Waals surface area (Å²) in [6.45, 7) is 11.8. The zero-order valence-electron chi connectivity index (χ0n) is 17.9. The number of pyridine rings is 1. The van der Waals surface area contributed by atoms with Crippen LogP contribution in [0.3, 0.4) is 0 Å². The van der Waals surface area contributed by atoms with Crippen LogP contribution in [0.25, 0.3) is 0 Å². The number of aryl methyl sites for hydroxylation is 1. The molecule has 0 spiro atoms. The van der Waals surface area contributed by atoms with Crippen molar-refractivity contribution in [3.63, 3.8) is 0 Å². The van der Waals surface area contributed by atoms with Crippen LogP contribution < -0.4 is 10.3 Å². The van der Waals surface area contributed by atoms with Crippen LogP contribution in [-0.4, -0.2) is 11.7 Å². The van der Waals surface area contributed by atoms with Crippen molar-refractivity contribution >= 4 is 0 Å². The zero-order valence-corrected chi connectivity index (χ0v) is 17.9. The summed E-state index contributed by atoms with van der Waals surface area (Å²) in [5, 5.41) is 0. The Hall–Kier alpha value is -2.89. The van der Waals surface area contributed by atoms with Gasteiger partial charge in [-0.15, -0.1) is 6.58 Å². The molecule has 0 aliphatic heterocycles. The van der Waals surface area contributed by atoms with E-state index in [1.165, 1.54) is 18.2 Å². The van der Waals surface area contributed by atoms with E-state index in [0.717, 1.165) is 11.8 Å². The predicted octanol–water partition coefficient (Wildman–Crippen LogP) is 5.78. The molecule has 0 saturated carbocycles. The third-order valence-corrected chi connectivity index (χ3v) is 3.55. The standard InChI is InChI=1S/C17H17F2NO2.C4H8O.C2H6/c1-3-4-7-20-12(2)8-15(10-17(20)21)22-11-13-5-6-14(18)9-16(13)19;1-3-4-5-2;1-2/h3,5-6,8-10H,1,4,7,11H2,2H3;3-4H,1-2H3;1-2H3/b;4-3+;. The monoisotopic (exact) mass is 407 g/mol. The van der Waals surface area contributed by atoms with Gasteiger partial charge >= 0.3 is 0 Å². The van der Waals surface area contributed by atoms with Gasteiger partial charge in [-0.3, -0.25) is 4.79 Å². The Labute approximate surface area is 172 Å².